The summed E-state index contributed by atoms with van der Waals surface area (Å²) in [4.78, 5) is 4.31. The Hall–Kier alpha value is -1.46. The largest absolute Gasteiger partial charge is 0.372 e. The highest BCUT2D eigenvalue weighted by molar-refractivity contribution is 5.76. The molecule has 2 N–H and O–H groups in total. The van der Waals surface area contributed by atoms with Gasteiger partial charge in [-0.1, -0.05) is 6.07 Å². The zero-order valence-electron chi connectivity index (χ0n) is 9.98. The third kappa shape index (κ3) is 1.92. The van der Waals surface area contributed by atoms with E-state index in [9.17, 15) is 4.39 Å². The quantitative estimate of drug-likeness (QED) is 0.882. The number of nitrogens with zero attached hydrogens (tertiary/aromatic N) is 2. The lowest BCUT2D eigenvalue weighted by Crippen LogP contribution is -2.18. The van der Waals surface area contributed by atoms with Crippen LogP contribution in [0.25, 0.3) is 11.0 Å². The van der Waals surface area contributed by atoms with Crippen molar-refractivity contribution in [1.82, 2.24) is 9.55 Å². The van der Waals surface area contributed by atoms with Gasteiger partial charge in [0.25, 0.3) is 0 Å². The van der Waals surface area contributed by atoms with Crippen LogP contribution in [-0.2, 0) is 11.3 Å². The third-order valence-electron chi connectivity index (χ3n) is 2.86. The van der Waals surface area contributed by atoms with Crippen LogP contribution >= 0.6 is 0 Å². The SMILES string of the molecule is CCn1c(C(CN)OC)nc2c(F)cccc21. The van der Waals surface area contributed by atoms with E-state index in [0.717, 1.165) is 5.52 Å². The summed E-state index contributed by atoms with van der Waals surface area (Å²) in [5.74, 6) is 0.362. The molecule has 0 bridgehead atoms. The highest BCUT2D eigenvalue weighted by Gasteiger charge is 2.19. The van der Waals surface area contributed by atoms with Crippen LogP contribution in [0.4, 0.5) is 4.39 Å². The number of benzene rings is 1. The van der Waals surface area contributed by atoms with E-state index in [-0.39, 0.29) is 11.9 Å². The summed E-state index contributed by atoms with van der Waals surface area (Å²) in [5, 5.41) is 0. The number of hydrogen-bond donors (Lipinski definition) is 1. The molecule has 0 aliphatic rings. The van der Waals surface area contributed by atoms with Crippen LogP contribution in [0.5, 0.6) is 0 Å². The van der Waals surface area contributed by atoms with Gasteiger partial charge in [-0.05, 0) is 19.1 Å². The third-order valence-corrected chi connectivity index (χ3v) is 2.86. The molecule has 5 heteroatoms. The predicted molar refractivity (Wildman–Crippen MR) is 64.2 cm³/mol. The first-order chi connectivity index (χ1) is 8.22. The summed E-state index contributed by atoms with van der Waals surface area (Å²) >= 11 is 0. The van der Waals surface area contributed by atoms with E-state index in [4.69, 9.17) is 10.5 Å². The number of methoxy groups -OCH3 is 1. The lowest BCUT2D eigenvalue weighted by Gasteiger charge is -2.14. The van der Waals surface area contributed by atoms with E-state index in [1.54, 1.807) is 13.2 Å². The van der Waals surface area contributed by atoms with E-state index in [1.807, 2.05) is 17.6 Å². The van der Waals surface area contributed by atoms with E-state index in [2.05, 4.69) is 4.98 Å². The second-order valence-electron chi connectivity index (χ2n) is 3.78. The van der Waals surface area contributed by atoms with Crippen LogP contribution < -0.4 is 5.73 Å². The minimum absolute atomic E-state index is 0.304. The molecule has 1 unspecified atom stereocenters. The van der Waals surface area contributed by atoms with Gasteiger partial charge in [-0.15, -0.1) is 0 Å². The molecule has 92 valence electrons. The van der Waals surface area contributed by atoms with Crippen molar-refractivity contribution in [3.05, 3.63) is 29.8 Å². The van der Waals surface area contributed by atoms with Crippen LogP contribution in [0.15, 0.2) is 18.2 Å². The Balaban J connectivity index is 2.67. The fourth-order valence-electron chi connectivity index (χ4n) is 2.02. The van der Waals surface area contributed by atoms with Crippen molar-refractivity contribution in [2.45, 2.75) is 19.6 Å². The van der Waals surface area contributed by atoms with Gasteiger partial charge in [0.1, 0.15) is 17.4 Å². The molecule has 4 nitrogen and oxygen atoms in total. The van der Waals surface area contributed by atoms with Gasteiger partial charge in [-0.2, -0.15) is 0 Å². The highest BCUT2D eigenvalue weighted by Crippen LogP contribution is 2.23. The average molecular weight is 237 g/mol. The zero-order valence-corrected chi connectivity index (χ0v) is 9.98. The average Bonchev–Trinajstić information content (AvgIpc) is 2.71. The molecule has 1 atom stereocenters. The summed E-state index contributed by atoms with van der Waals surface area (Å²) in [6, 6.07) is 4.94. The lowest BCUT2D eigenvalue weighted by atomic mass is 10.3. The summed E-state index contributed by atoms with van der Waals surface area (Å²) in [7, 11) is 1.58. The molecular weight excluding hydrogens is 221 g/mol. The number of ether oxygens (including phenoxy) is 1. The Morgan fingerprint density at radius 3 is 2.88 bits per heavy atom. The van der Waals surface area contributed by atoms with Gasteiger partial charge >= 0.3 is 0 Å². The standard InChI is InChI=1S/C12H16FN3O/c1-3-16-9-6-4-5-8(13)11(9)15-12(16)10(7-14)17-2/h4-6,10H,3,7,14H2,1-2H3. The number of nitrogens with two attached hydrogens (primary N) is 1. The van der Waals surface area contributed by atoms with Crippen LogP contribution in [0.3, 0.4) is 0 Å². The molecule has 2 rings (SSSR count). The maximum absolute atomic E-state index is 13.6. The second-order valence-corrected chi connectivity index (χ2v) is 3.78. The maximum atomic E-state index is 13.6. The van der Waals surface area contributed by atoms with Crippen molar-refractivity contribution in [1.29, 1.82) is 0 Å². The Morgan fingerprint density at radius 2 is 2.29 bits per heavy atom. The number of aryl methyl sites for hydroxylation is 1. The van der Waals surface area contributed by atoms with Crippen molar-refractivity contribution < 1.29 is 9.13 Å². The van der Waals surface area contributed by atoms with E-state index in [0.29, 0.717) is 24.4 Å². The Morgan fingerprint density at radius 1 is 1.53 bits per heavy atom. The summed E-state index contributed by atoms with van der Waals surface area (Å²) in [6.07, 6.45) is -0.304. The van der Waals surface area contributed by atoms with E-state index < -0.39 is 0 Å². The number of rotatable bonds is 4. The number of fused-ring (bicyclic) bond motifs is 1. The fourth-order valence-corrected chi connectivity index (χ4v) is 2.02. The smallest absolute Gasteiger partial charge is 0.151 e. The van der Waals surface area contributed by atoms with Gasteiger partial charge in [0.2, 0.25) is 0 Å². The van der Waals surface area contributed by atoms with Gasteiger partial charge in [0.05, 0.1) is 5.52 Å². The van der Waals surface area contributed by atoms with Gasteiger partial charge < -0.3 is 15.0 Å². The van der Waals surface area contributed by atoms with Crippen molar-refractivity contribution in [3.8, 4) is 0 Å². The molecule has 0 saturated carbocycles. The molecular formula is C12H16FN3O. The molecule has 0 aliphatic carbocycles. The second kappa shape index (κ2) is 4.81. The molecule has 17 heavy (non-hydrogen) atoms. The minimum atomic E-state index is -0.317. The number of imidazole rings is 1. The van der Waals surface area contributed by atoms with Crippen molar-refractivity contribution in [2.75, 3.05) is 13.7 Å². The lowest BCUT2D eigenvalue weighted by molar-refractivity contribution is 0.100. The van der Waals surface area contributed by atoms with Gasteiger partial charge in [-0.3, -0.25) is 0 Å². The van der Waals surface area contributed by atoms with Crippen LogP contribution in [0.1, 0.15) is 18.9 Å². The van der Waals surface area contributed by atoms with E-state index >= 15 is 0 Å². The number of halogens is 1. The van der Waals surface area contributed by atoms with Crippen LogP contribution in [-0.4, -0.2) is 23.2 Å². The van der Waals surface area contributed by atoms with Gasteiger partial charge in [0, 0.05) is 20.2 Å². The zero-order chi connectivity index (χ0) is 12.4. The van der Waals surface area contributed by atoms with Crippen molar-refractivity contribution in [2.24, 2.45) is 5.73 Å². The van der Waals surface area contributed by atoms with Crippen LogP contribution in [0.2, 0.25) is 0 Å². The summed E-state index contributed by atoms with van der Waals surface area (Å²) in [5.41, 5.74) is 6.78. The molecule has 1 heterocycles. The molecule has 0 spiro atoms. The molecule has 1 aromatic heterocycles. The van der Waals surface area contributed by atoms with Gasteiger partial charge in [0.15, 0.2) is 5.82 Å². The first-order valence-electron chi connectivity index (χ1n) is 5.60. The number of hydrogen-bond acceptors (Lipinski definition) is 3. The van der Waals surface area contributed by atoms with Gasteiger partial charge in [-0.25, -0.2) is 9.37 Å². The first kappa shape index (κ1) is 12.0. The van der Waals surface area contributed by atoms with E-state index in [1.165, 1.54) is 6.07 Å². The fraction of sp³-hybridized carbons (Fsp3) is 0.417. The Kier molecular flexibility index (Phi) is 3.40. The normalized spacial score (nSPS) is 13.2. The number of para-hydroxylation sites is 1. The summed E-state index contributed by atoms with van der Waals surface area (Å²) in [6.45, 7) is 3.01. The molecule has 0 amide bonds. The first-order valence-corrected chi connectivity index (χ1v) is 5.60. The van der Waals surface area contributed by atoms with Crippen molar-refractivity contribution >= 4 is 11.0 Å². The molecule has 0 radical (unpaired) electrons. The van der Waals surface area contributed by atoms with Crippen molar-refractivity contribution in [3.63, 3.8) is 0 Å². The Bertz CT molecular complexity index is 520. The van der Waals surface area contributed by atoms with Crippen LogP contribution in [0, 0.1) is 5.82 Å². The molecule has 1 aromatic carbocycles. The molecule has 0 saturated heterocycles. The topological polar surface area (TPSA) is 53.1 Å². The molecule has 0 fully saturated rings. The highest BCUT2D eigenvalue weighted by atomic mass is 19.1. The predicted octanol–water partition coefficient (Wildman–Crippen LogP) is 1.84. The Labute approximate surface area is 99.2 Å². The molecule has 2 aromatic rings. The molecule has 0 aliphatic heterocycles. The maximum Gasteiger partial charge on any atom is 0.151 e. The minimum Gasteiger partial charge on any atom is -0.372 e. The monoisotopic (exact) mass is 237 g/mol. The summed E-state index contributed by atoms with van der Waals surface area (Å²) < 4.78 is 20.8. The number of aromatic nitrogens is 2.